The summed E-state index contributed by atoms with van der Waals surface area (Å²) in [6.07, 6.45) is -2.92. The van der Waals surface area contributed by atoms with Crippen molar-refractivity contribution in [3.63, 3.8) is 0 Å². The summed E-state index contributed by atoms with van der Waals surface area (Å²) < 4.78 is 38.3. The molecule has 1 saturated heterocycles. The van der Waals surface area contributed by atoms with Crippen LogP contribution in [0.15, 0.2) is 18.2 Å². The van der Waals surface area contributed by atoms with Crippen LogP contribution in [0.5, 0.6) is 0 Å². The number of alkyl halides is 3. The molecule has 1 unspecified atom stereocenters. The third kappa shape index (κ3) is 3.35. The molecular weight excluding hydrogens is 281 g/mol. The lowest BCUT2D eigenvalue weighted by atomic mass is 9.94. The van der Waals surface area contributed by atoms with Crippen molar-refractivity contribution >= 4 is 11.5 Å². The van der Waals surface area contributed by atoms with Crippen molar-refractivity contribution in [3.8, 4) is 6.07 Å². The number of halogens is 3. The van der Waals surface area contributed by atoms with Gasteiger partial charge in [0.05, 0.1) is 17.2 Å². The standard InChI is InChI=1S/C15H15F3N2O/c1-10(21)11-3-2-6-20(9-11)13-4-5-14(15(16,17)18)12(7-13)8-19/h4-5,7,11H,2-3,6,9H2,1H3. The average molecular weight is 296 g/mol. The number of carbonyl (C=O) groups excluding carboxylic acids is 1. The van der Waals surface area contributed by atoms with E-state index in [1.165, 1.54) is 19.1 Å². The van der Waals surface area contributed by atoms with Crippen LogP contribution in [0.1, 0.15) is 30.9 Å². The van der Waals surface area contributed by atoms with Gasteiger partial charge in [0.25, 0.3) is 0 Å². The van der Waals surface area contributed by atoms with E-state index in [1.54, 1.807) is 6.07 Å². The Hall–Kier alpha value is -2.03. The summed E-state index contributed by atoms with van der Waals surface area (Å²) in [6.45, 7) is 2.70. The zero-order valence-electron chi connectivity index (χ0n) is 11.6. The van der Waals surface area contributed by atoms with E-state index in [0.717, 1.165) is 18.9 Å². The predicted octanol–water partition coefficient (Wildman–Crippen LogP) is 3.38. The van der Waals surface area contributed by atoms with Gasteiger partial charge in [-0.2, -0.15) is 18.4 Å². The highest BCUT2D eigenvalue weighted by atomic mass is 19.4. The van der Waals surface area contributed by atoms with E-state index in [4.69, 9.17) is 5.26 Å². The Balaban J connectivity index is 2.29. The van der Waals surface area contributed by atoms with Crippen LogP contribution in [-0.4, -0.2) is 18.9 Å². The molecule has 1 aromatic carbocycles. The number of Topliss-reactive ketones (excluding diaryl/α,β-unsaturated/α-hetero) is 1. The molecule has 0 aliphatic carbocycles. The molecule has 0 radical (unpaired) electrons. The van der Waals surface area contributed by atoms with Crippen molar-refractivity contribution < 1.29 is 18.0 Å². The summed E-state index contributed by atoms with van der Waals surface area (Å²) in [7, 11) is 0. The molecule has 6 heteroatoms. The molecule has 1 heterocycles. The molecule has 0 spiro atoms. The second kappa shape index (κ2) is 5.76. The Labute approximate surface area is 121 Å². The number of carbonyl (C=O) groups is 1. The summed E-state index contributed by atoms with van der Waals surface area (Å²) >= 11 is 0. The lowest BCUT2D eigenvalue weighted by molar-refractivity contribution is -0.137. The smallest absolute Gasteiger partial charge is 0.371 e. The number of hydrogen-bond donors (Lipinski definition) is 0. The largest absolute Gasteiger partial charge is 0.417 e. The molecular formula is C15H15F3N2O. The Morgan fingerprint density at radius 3 is 2.71 bits per heavy atom. The summed E-state index contributed by atoms with van der Waals surface area (Å²) in [6, 6.07) is 5.16. The number of hydrogen-bond acceptors (Lipinski definition) is 3. The van der Waals surface area contributed by atoms with E-state index in [1.807, 2.05) is 4.90 Å². The third-order valence-corrected chi connectivity index (χ3v) is 3.79. The maximum atomic E-state index is 12.8. The van der Waals surface area contributed by atoms with Crippen LogP contribution < -0.4 is 4.90 Å². The van der Waals surface area contributed by atoms with Gasteiger partial charge in [0.1, 0.15) is 5.78 Å². The Bertz CT molecular complexity index is 590. The van der Waals surface area contributed by atoms with Crippen LogP contribution in [0.3, 0.4) is 0 Å². The molecule has 0 aromatic heterocycles. The molecule has 1 atom stereocenters. The monoisotopic (exact) mass is 296 g/mol. The van der Waals surface area contributed by atoms with Gasteiger partial charge >= 0.3 is 6.18 Å². The van der Waals surface area contributed by atoms with Crippen LogP contribution in [0.25, 0.3) is 0 Å². The third-order valence-electron chi connectivity index (χ3n) is 3.79. The average Bonchev–Trinajstić information content (AvgIpc) is 2.45. The number of piperidine rings is 1. The van der Waals surface area contributed by atoms with Crippen molar-refractivity contribution in [1.82, 2.24) is 0 Å². The fourth-order valence-electron chi connectivity index (χ4n) is 2.61. The van der Waals surface area contributed by atoms with Gasteiger partial charge in [0, 0.05) is 24.7 Å². The molecule has 0 N–H and O–H groups in total. The van der Waals surface area contributed by atoms with Crippen LogP contribution in [-0.2, 0) is 11.0 Å². The van der Waals surface area contributed by atoms with Gasteiger partial charge in [0.15, 0.2) is 0 Å². The van der Waals surface area contributed by atoms with E-state index < -0.39 is 11.7 Å². The normalized spacial score (nSPS) is 19.2. The van der Waals surface area contributed by atoms with Crippen LogP contribution in [0, 0.1) is 17.2 Å². The zero-order valence-corrected chi connectivity index (χ0v) is 11.6. The molecule has 3 nitrogen and oxygen atoms in total. The lowest BCUT2D eigenvalue weighted by Crippen LogP contribution is -2.38. The molecule has 112 valence electrons. The second-order valence-electron chi connectivity index (χ2n) is 5.24. The fraction of sp³-hybridized carbons (Fsp3) is 0.467. The summed E-state index contributed by atoms with van der Waals surface area (Å²) in [5, 5.41) is 8.92. The van der Waals surface area contributed by atoms with E-state index in [-0.39, 0.29) is 17.3 Å². The van der Waals surface area contributed by atoms with Crippen LogP contribution >= 0.6 is 0 Å². The first-order chi connectivity index (χ1) is 9.82. The first-order valence-electron chi connectivity index (χ1n) is 6.69. The van der Waals surface area contributed by atoms with Gasteiger partial charge in [-0.3, -0.25) is 4.79 Å². The zero-order chi connectivity index (χ0) is 15.6. The first-order valence-corrected chi connectivity index (χ1v) is 6.69. The van der Waals surface area contributed by atoms with Crippen molar-refractivity contribution in [3.05, 3.63) is 29.3 Å². The molecule has 1 aromatic rings. The van der Waals surface area contributed by atoms with Gasteiger partial charge in [-0.05, 0) is 38.0 Å². The lowest BCUT2D eigenvalue weighted by Gasteiger charge is -2.33. The number of nitrogens with zero attached hydrogens (tertiary/aromatic N) is 2. The van der Waals surface area contributed by atoms with Crippen molar-refractivity contribution in [1.29, 1.82) is 5.26 Å². The minimum atomic E-state index is -4.53. The van der Waals surface area contributed by atoms with E-state index in [0.29, 0.717) is 18.8 Å². The molecule has 2 rings (SSSR count). The molecule has 1 aliphatic heterocycles. The van der Waals surface area contributed by atoms with Crippen molar-refractivity contribution in [2.45, 2.75) is 25.9 Å². The molecule has 1 aliphatic rings. The summed E-state index contributed by atoms with van der Waals surface area (Å²) in [5.74, 6) is -0.00121. The predicted molar refractivity (Wildman–Crippen MR) is 71.8 cm³/mol. The van der Waals surface area contributed by atoms with Gasteiger partial charge in [-0.25, -0.2) is 0 Å². The molecule has 0 saturated carbocycles. The van der Waals surface area contributed by atoms with Gasteiger partial charge < -0.3 is 4.90 Å². The van der Waals surface area contributed by atoms with Gasteiger partial charge in [-0.15, -0.1) is 0 Å². The van der Waals surface area contributed by atoms with Crippen LogP contribution in [0.4, 0.5) is 18.9 Å². The van der Waals surface area contributed by atoms with Crippen LogP contribution in [0.2, 0.25) is 0 Å². The number of anilines is 1. The molecule has 1 fully saturated rings. The number of ketones is 1. The van der Waals surface area contributed by atoms with E-state index in [2.05, 4.69) is 0 Å². The highest BCUT2D eigenvalue weighted by molar-refractivity contribution is 5.79. The van der Waals surface area contributed by atoms with E-state index >= 15 is 0 Å². The fourth-order valence-corrected chi connectivity index (χ4v) is 2.61. The van der Waals surface area contributed by atoms with Gasteiger partial charge in [-0.1, -0.05) is 0 Å². The maximum Gasteiger partial charge on any atom is 0.417 e. The topological polar surface area (TPSA) is 44.1 Å². The quantitative estimate of drug-likeness (QED) is 0.840. The maximum absolute atomic E-state index is 12.8. The minimum absolute atomic E-state index is 0.0899. The number of benzene rings is 1. The second-order valence-corrected chi connectivity index (χ2v) is 5.24. The highest BCUT2D eigenvalue weighted by Crippen LogP contribution is 2.34. The number of rotatable bonds is 2. The Morgan fingerprint density at radius 2 is 2.14 bits per heavy atom. The van der Waals surface area contributed by atoms with Crippen molar-refractivity contribution in [2.24, 2.45) is 5.92 Å². The minimum Gasteiger partial charge on any atom is -0.371 e. The van der Waals surface area contributed by atoms with E-state index in [9.17, 15) is 18.0 Å². The summed E-state index contributed by atoms with van der Waals surface area (Å²) in [5.41, 5.74) is -0.746. The molecule has 21 heavy (non-hydrogen) atoms. The Morgan fingerprint density at radius 1 is 1.43 bits per heavy atom. The SMILES string of the molecule is CC(=O)C1CCCN(c2ccc(C(F)(F)F)c(C#N)c2)C1. The summed E-state index contributed by atoms with van der Waals surface area (Å²) in [4.78, 5) is 13.3. The Kier molecular flexibility index (Phi) is 4.21. The van der Waals surface area contributed by atoms with Crippen molar-refractivity contribution in [2.75, 3.05) is 18.0 Å². The first kappa shape index (κ1) is 15.4. The highest BCUT2D eigenvalue weighted by Gasteiger charge is 2.34. The van der Waals surface area contributed by atoms with Gasteiger partial charge in [0.2, 0.25) is 0 Å². The number of nitriles is 1. The molecule has 0 bridgehead atoms. The molecule has 0 amide bonds.